The van der Waals surface area contributed by atoms with Crippen molar-refractivity contribution in [3.8, 4) is 0 Å². The van der Waals surface area contributed by atoms with E-state index in [0.717, 1.165) is 36.2 Å². The number of carbonyl (C=O) groups is 1. The van der Waals surface area contributed by atoms with Crippen molar-refractivity contribution in [2.24, 2.45) is 0 Å². The van der Waals surface area contributed by atoms with Crippen molar-refractivity contribution in [2.45, 2.75) is 36.7 Å². The Hall–Kier alpha value is -1.92. The van der Waals surface area contributed by atoms with E-state index in [-0.39, 0.29) is 12.0 Å². The maximum absolute atomic E-state index is 14.1. The molecule has 4 rings (SSSR count). The van der Waals surface area contributed by atoms with Crippen LogP contribution < -0.4 is 4.90 Å². The van der Waals surface area contributed by atoms with E-state index < -0.39 is 11.6 Å². The van der Waals surface area contributed by atoms with Crippen molar-refractivity contribution in [2.75, 3.05) is 23.8 Å². The van der Waals surface area contributed by atoms with Gasteiger partial charge in [0.15, 0.2) is 0 Å². The minimum Gasteiger partial charge on any atom is -0.377 e. The lowest BCUT2D eigenvalue weighted by molar-refractivity contribution is 0.0982. The van der Waals surface area contributed by atoms with Gasteiger partial charge in [0.2, 0.25) is 0 Å². The SMILES string of the molecule is O=C(c1ccccc1SCC1CCCO1)N1CCCc2c(F)cc(F)cc21. The number of ether oxygens (including phenoxy) is 1. The molecule has 2 aromatic carbocycles. The van der Waals surface area contributed by atoms with E-state index in [1.54, 1.807) is 17.8 Å². The van der Waals surface area contributed by atoms with Gasteiger partial charge < -0.3 is 9.64 Å². The highest BCUT2D eigenvalue weighted by molar-refractivity contribution is 7.99. The normalized spacial score (nSPS) is 19.2. The van der Waals surface area contributed by atoms with E-state index in [4.69, 9.17) is 4.74 Å². The maximum Gasteiger partial charge on any atom is 0.259 e. The molecule has 3 nitrogen and oxygen atoms in total. The second-order valence-electron chi connectivity index (χ2n) is 6.89. The quantitative estimate of drug-likeness (QED) is 0.702. The number of amides is 1. The third-order valence-electron chi connectivity index (χ3n) is 5.05. The molecule has 0 saturated carbocycles. The molecule has 0 spiro atoms. The molecule has 142 valence electrons. The summed E-state index contributed by atoms with van der Waals surface area (Å²) < 4.78 is 33.6. The zero-order valence-corrected chi connectivity index (χ0v) is 15.7. The highest BCUT2D eigenvalue weighted by atomic mass is 32.2. The first-order valence-electron chi connectivity index (χ1n) is 9.26. The summed E-state index contributed by atoms with van der Waals surface area (Å²) >= 11 is 1.60. The largest absolute Gasteiger partial charge is 0.377 e. The average Bonchev–Trinajstić information content (AvgIpc) is 3.19. The molecule has 27 heavy (non-hydrogen) atoms. The first kappa shape index (κ1) is 18.4. The van der Waals surface area contributed by atoms with Crippen molar-refractivity contribution in [3.63, 3.8) is 0 Å². The summed E-state index contributed by atoms with van der Waals surface area (Å²) in [5.41, 5.74) is 1.33. The molecule has 2 aliphatic heterocycles. The van der Waals surface area contributed by atoms with Crippen LogP contribution in [0.2, 0.25) is 0 Å². The van der Waals surface area contributed by atoms with Gasteiger partial charge in [-0.3, -0.25) is 4.79 Å². The molecule has 2 aliphatic rings. The average molecular weight is 389 g/mol. The molecule has 6 heteroatoms. The first-order valence-corrected chi connectivity index (χ1v) is 10.3. The first-order chi connectivity index (χ1) is 13.1. The van der Waals surface area contributed by atoms with Gasteiger partial charge in [-0.15, -0.1) is 11.8 Å². The maximum atomic E-state index is 14.1. The Morgan fingerprint density at radius 1 is 1.22 bits per heavy atom. The Morgan fingerprint density at radius 3 is 2.89 bits per heavy atom. The van der Waals surface area contributed by atoms with Gasteiger partial charge in [-0.2, -0.15) is 0 Å². The molecule has 0 aliphatic carbocycles. The predicted octanol–water partition coefficient (Wildman–Crippen LogP) is 4.83. The van der Waals surface area contributed by atoms with Crippen molar-refractivity contribution >= 4 is 23.4 Å². The van der Waals surface area contributed by atoms with Crippen LogP contribution in [0.1, 0.15) is 35.2 Å². The lowest BCUT2D eigenvalue weighted by Crippen LogP contribution is -2.36. The van der Waals surface area contributed by atoms with Gasteiger partial charge in [-0.25, -0.2) is 8.78 Å². The molecule has 1 unspecified atom stereocenters. The number of anilines is 1. The summed E-state index contributed by atoms with van der Waals surface area (Å²) in [4.78, 5) is 15.6. The monoisotopic (exact) mass is 389 g/mol. The molecule has 0 N–H and O–H groups in total. The van der Waals surface area contributed by atoms with Gasteiger partial charge in [0.25, 0.3) is 5.91 Å². The zero-order valence-electron chi connectivity index (χ0n) is 14.9. The van der Waals surface area contributed by atoms with Gasteiger partial charge in [-0.05, 0) is 43.9 Å². The molecule has 1 amide bonds. The van der Waals surface area contributed by atoms with Gasteiger partial charge in [0, 0.05) is 35.4 Å². The number of benzene rings is 2. The lowest BCUT2D eigenvalue weighted by Gasteiger charge is -2.30. The van der Waals surface area contributed by atoms with Crippen molar-refractivity contribution in [1.29, 1.82) is 0 Å². The van der Waals surface area contributed by atoms with Gasteiger partial charge >= 0.3 is 0 Å². The molecule has 0 bridgehead atoms. The summed E-state index contributed by atoms with van der Waals surface area (Å²) in [5, 5.41) is 0. The summed E-state index contributed by atoms with van der Waals surface area (Å²) in [6.07, 6.45) is 3.51. The molecule has 1 atom stereocenters. The number of nitrogens with zero attached hydrogens (tertiary/aromatic N) is 1. The minimum atomic E-state index is -0.660. The van der Waals surface area contributed by atoms with E-state index in [2.05, 4.69) is 0 Å². The molecule has 0 radical (unpaired) electrons. The Labute approximate surface area is 161 Å². The fourth-order valence-corrected chi connectivity index (χ4v) is 4.81. The number of carbonyl (C=O) groups excluding carboxylic acids is 1. The zero-order chi connectivity index (χ0) is 18.8. The Morgan fingerprint density at radius 2 is 2.07 bits per heavy atom. The fraction of sp³-hybridized carbons (Fsp3) is 0.381. The van der Waals surface area contributed by atoms with Crippen molar-refractivity contribution in [3.05, 3.63) is 59.2 Å². The van der Waals surface area contributed by atoms with Crippen LogP contribution in [0.15, 0.2) is 41.3 Å². The molecular formula is C21H21F2NO2S. The number of rotatable bonds is 4. The molecule has 1 saturated heterocycles. The van der Waals surface area contributed by atoms with E-state index in [0.29, 0.717) is 36.2 Å². The van der Waals surface area contributed by atoms with Crippen LogP contribution >= 0.6 is 11.8 Å². The van der Waals surface area contributed by atoms with Crippen LogP contribution in [0.4, 0.5) is 14.5 Å². The van der Waals surface area contributed by atoms with Crippen molar-refractivity contribution in [1.82, 2.24) is 0 Å². The lowest BCUT2D eigenvalue weighted by atomic mass is 10.00. The molecule has 2 heterocycles. The third-order valence-corrected chi connectivity index (χ3v) is 6.25. The highest BCUT2D eigenvalue weighted by Gasteiger charge is 2.28. The number of hydrogen-bond donors (Lipinski definition) is 0. The topological polar surface area (TPSA) is 29.5 Å². The Bertz CT molecular complexity index is 852. The van der Waals surface area contributed by atoms with Gasteiger partial charge in [-0.1, -0.05) is 12.1 Å². The van der Waals surface area contributed by atoms with E-state index in [1.165, 1.54) is 11.0 Å². The predicted molar refractivity (Wildman–Crippen MR) is 102 cm³/mol. The molecular weight excluding hydrogens is 368 g/mol. The Kier molecular flexibility index (Phi) is 5.45. The number of thioether (sulfide) groups is 1. The van der Waals surface area contributed by atoms with Crippen LogP contribution in [0, 0.1) is 11.6 Å². The van der Waals surface area contributed by atoms with Crippen LogP contribution in [0.5, 0.6) is 0 Å². The van der Waals surface area contributed by atoms with E-state index >= 15 is 0 Å². The third kappa shape index (κ3) is 3.87. The standard InChI is InChI=1S/C21H21F2NO2S/c22-14-11-18(23)16-7-3-9-24(19(16)12-14)21(25)17-6-1-2-8-20(17)27-13-15-5-4-10-26-15/h1-2,6,8,11-12,15H,3-5,7,9-10,13H2. The van der Waals surface area contributed by atoms with E-state index in [1.807, 2.05) is 18.2 Å². The number of hydrogen-bond acceptors (Lipinski definition) is 3. The minimum absolute atomic E-state index is 0.212. The fourth-order valence-electron chi connectivity index (χ4n) is 3.70. The summed E-state index contributed by atoms with van der Waals surface area (Å²) in [5.74, 6) is -0.656. The van der Waals surface area contributed by atoms with Crippen molar-refractivity contribution < 1.29 is 18.3 Å². The summed E-state index contributed by atoms with van der Waals surface area (Å²) in [6.45, 7) is 1.26. The van der Waals surface area contributed by atoms with Crippen LogP contribution in [0.3, 0.4) is 0 Å². The van der Waals surface area contributed by atoms with Gasteiger partial charge in [0.05, 0.1) is 17.4 Å². The second kappa shape index (κ2) is 7.98. The summed E-state index contributed by atoms with van der Waals surface area (Å²) in [6, 6.07) is 9.57. The van der Waals surface area contributed by atoms with Crippen LogP contribution in [-0.2, 0) is 11.2 Å². The second-order valence-corrected chi connectivity index (χ2v) is 7.95. The van der Waals surface area contributed by atoms with Gasteiger partial charge in [0.1, 0.15) is 11.6 Å². The van der Waals surface area contributed by atoms with Crippen LogP contribution in [-0.4, -0.2) is 30.9 Å². The number of halogens is 2. The highest BCUT2D eigenvalue weighted by Crippen LogP contribution is 2.33. The summed E-state index contributed by atoms with van der Waals surface area (Å²) in [7, 11) is 0. The smallest absolute Gasteiger partial charge is 0.259 e. The van der Waals surface area contributed by atoms with Crippen LogP contribution in [0.25, 0.3) is 0 Å². The molecule has 2 aromatic rings. The number of fused-ring (bicyclic) bond motifs is 1. The van der Waals surface area contributed by atoms with E-state index in [9.17, 15) is 13.6 Å². The molecule has 0 aromatic heterocycles. The molecule has 1 fully saturated rings. The Balaban J connectivity index is 1.61.